The Labute approximate surface area is 157 Å². The molecular formula is C18H30IN3O. The van der Waals surface area contributed by atoms with E-state index in [9.17, 15) is 0 Å². The zero-order valence-corrected chi connectivity index (χ0v) is 16.6. The van der Waals surface area contributed by atoms with E-state index in [-0.39, 0.29) is 29.4 Å². The molecular weight excluding hydrogens is 401 g/mol. The maximum atomic E-state index is 5.07. The monoisotopic (exact) mass is 431 g/mol. The van der Waals surface area contributed by atoms with Crippen molar-refractivity contribution in [2.45, 2.75) is 37.5 Å². The van der Waals surface area contributed by atoms with Gasteiger partial charge in [0.05, 0.1) is 0 Å². The summed E-state index contributed by atoms with van der Waals surface area (Å²) in [6.07, 6.45) is 6.13. The Morgan fingerprint density at radius 2 is 1.87 bits per heavy atom. The smallest absolute Gasteiger partial charge is 0.191 e. The molecule has 0 atom stereocenters. The topological polar surface area (TPSA) is 45.7 Å². The van der Waals surface area contributed by atoms with Gasteiger partial charge in [-0.3, -0.25) is 4.99 Å². The van der Waals surface area contributed by atoms with E-state index >= 15 is 0 Å². The molecule has 0 heterocycles. The maximum Gasteiger partial charge on any atom is 0.191 e. The first-order valence-electron chi connectivity index (χ1n) is 8.30. The lowest BCUT2D eigenvalue weighted by Crippen LogP contribution is -2.45. The lowest BCUT2D eigenvalue weighted by atomic mass is 9.79. The molecule has 0 radical (unpaired) electrons. The number of nitrogens with one attached hydrogen (secondary N) is 2. The standard InChI is InChI=1S/C18H29N3O.HI/c1-19-17(20-13-8-14-22-2)21-15-18(11-6-7-12-18)16-9-4-3-5-10-16;/h3-5,9-10H,6-8,11-15H2,1-2H3,(H2,19,20,21);1H. The number of nitrogens with zero attached hydrogens (tertiary/aromatic N) is 1. The van der Waals surface area contributed by atoms with Gasteiger partial charge in [0.15, 0.2) is 5.96 Å². The molecule has 4 nitrogen and oxygen atoms in total. The van der Waals surface area contributed by atoms with Crippen LogP contribution in [0.3, 0.4) is 0 Å². The fourth-order valence-corrected chi connectivity index (χ4v) is 3.31. The first kappa shape index (κ1) is 20.2. The van der Waals surface area contributed by atoms with Crippen LogP contribution in [-0.4, -0.2) is 39.8 Å². The zero-order valence-electron chi connectivity index (χ0n) is 14.3. The van der Waals surface area contributed by atoms with Gasteiger partial charge in [-0.25, -0.2) is 0 Å². The second-order valence-corrected chi connectivity index (χ2v) is 6.05. The highest BCUT2D eigenvalue weighted by atomic mass is 127. The zero-order chi connectivity index (χ0) is 15.7. The van der Waals surface area contributed by atoms with E-state index in [0.29, 0.717) is 0 Å². The summed E-state index contributed by atoms with van der Waals surface area (Å²) in [6, 6.07) is 10.9. The predicted molar refractivity (Wildman–Crippen MR) is 108 cm³/mol. The van der Waals surface area contributed by atoms with Gasteiger partial charge < -0.3 is 15.4 Å². The molecule has 1 aliphatic rings. The second kappa shape index (κ2) is 10.9. The number of hydrogen-bond acceptors (Lipinski definition) is 2. The Morgan fingerprint density at radius 1 is 1.17 bits per heavy atom. The molecule has 1 aliphatic carbocycles. The van der Waals surface area contributed by atoms with Gasteiger partial charge >= 0.3 is 0 Å². The number of hydrogen-bond donors (Lipinski definition) is 2. The van der Waals surface area contributed by atoms with Crippen LogP contribution < -0.4 is 10.6 Å². The van der Waals surface area contributed by atoms with Crippen molar-refractivity contribution in [1.29, 1.82) is 0 Å². The molecule has 2 rings (SSSR count). The molecule has 0 spiro atoms. The Morgan fingerprint density at radius 3 is 2.48 bits per heavy atom. The largest absolute Gasteiger partial charge is 0.385 e. The first-order valence-corrected chi connectivity index (χ1v) is 8.30. The molecule has 0 bridgehead atoms. The van der Waals surface area contributed by atoms with Crippen molar-refractivity contribution >= 4 is 29.9 Å². The van der Waals surface area contributed by atoms with Crippen molar-refractivity contribution in [3.8, 4) is 0 Å². The van der Waals surface area contributed by atoms with E-state index in [1.807, 2.05) is 7.05 Å². The molecule has 5 heteroatoms. The molecule has 1 saturated carbocycles. The van der Waals surface area contributed by atoms with Crippen LogP contribution in [0.25, 0.3) is 0 Å². The summed E-state index contributed by atoms with van der Waals surface area (Å²) in [5.74, 6) is 0.887. The molecule has 0 saturated heterocycles. The van der Waals surface area contributed by atoms with Crippen LogP contribution in [0, 0.1) is 0 Å². The highest BCUT2D eigenvalue weighted by Gasteiger charge is 2.35. The average Bonchev–Trinajstić information content (AvgIpc) is 3.05. The molecule has 0 aliphatic heterocycles. The minimum absolute atomic E-state index is 0. The lowest BCUT2D eigenvalue weighted by Gasteiger charge is -2.30. The summed E-state index contributed by atoms with van der Waals surface area (Å²) >= 11 is 0. The van der Waals surface area contributed by atoms with Crippen LogP contribution >= 0.6 is 24.0 Å². The first-order chi connectivity index (χ1) is 10.8. The number of benzene rings is 1. The number of rotatable bonds is 7. The molecule has 2 N–H and O–H groups in total. The molecule has 1 aromatic carbocycles. The van der Waals surface area contributed by atoms with E-state index in [4.69, 9.17) is 4.74 Å². The van der Waals surface area contributed by atoms with Crippen molar-refractivity contribution in [2.75, 3.05) is 33.9 Å². The third kappa shape index (κ3) is 5.95. The van der Waals surface area contributed by atoms with Gasteiger partial charge in [-0.1, -0.05) is 43.2 Å². The van der Waals surface area contributed by atoms with Crippen LogP contribution in [0.15, 0.2) is 35.3 Å². The summed E-state index contributed by atoms with van der Waals surface area (Å²) in [5.41, 5.74) is 1.71. The lowest BCUT2D eigenvalue weighted by molar-refractivity contribution is 0.195. The minimum atomic E-state index is 0. The molecule has 23 heavy (non-hydrogen) atoms. The number of methoxy groups -OCH3 is 1. The maximum absolute atomic E-state index is 5.07. The Bertz CT molecular complexity index is 459. The summed E-state index contributed by atoms with van der Waals surface area (Å²) in [6.45, 7) is 2.60. The van der Waals surface area contributed by atoms with Gasteiger partial charge in [-0.05, 0) is 24.8 Å². The van der Waals surface area contributed by atoms with Gasteiger partial charge in [0, 0.05) is 39.3 Å². The number of guanidine groups is 1. The predicted octanol–water partition coefficient (Wildman–Crippen LogP) is 3.32. The average molecular weight is 431 g/mol. The molecule has 1 aromatic rings. The van der Waals surface area contributed by atoms with Crippen molar-refractivity contribution in [2.24, 2.45) is 4.99 Å². The summed E-state index contributed by atoms with van der Waals surface area (Å²) in [7, 11) is 3.56. The third-order valence-corrected chi connectivity index (χ3v) is 4.58. The highest BCUT2D eigenvalue weighted by molar-refractivity contribution is 14.0. The van der Waals surface area contributed by atoms with Gasteiger partial charge in [-0.2, -0.15) is 0 Å². The molecule has 1 fully saturated rings. The van der Waals surface area contributed by atoms with E-state index in [1.54, 1.807) is 7.11 Å². The normalized spacial score (nSPS) is 16.7. The fourth-order valence-electron chi connectivity index (χ4n) is 3.31. The van der Waals surface area contributed by atoms with Crippen LogP contribution in [-0.2, 0) is 10.2 Å². The van der Waals surface area contributed by atoms with Crippen molar-refractivity contribution < 1.29 is 4.74 Å². The molecule has 130 valence electrons. The fraction of sp³-hybridized carbons (Fsp3) is 0.611. The van der Waals surface area contributed by atoms with E-state index in [1.165, 1.54) is 31.2 Å². The summed E-state index contributed by atoms with van der Waals surface area (Å²) in [4.78, 5) is 4.33. The summed E-state index contributed by atoms with van der Waals surface area (Å²) < 4.78 is 5.07. The number of halogens is 1. The SMILES string of the molecule is CN=C(NCCCOC)NCC1(c2ccccc2)CCCC1.I. The Kier molecular flexibility index (Phi) is 9.55. The number of ether oxygens (including phenoxy) is 1. The minimum Gasteiger partial charge on any atom is -0.385 e. The molecule has 0 unspecified atom stereocenters. The van der Waals surface area contributed by atoms with Gasteiger partial charge in [0.2, 0.25) is 0 Å². The quantitative estimate of drug-likeness (QED) is 0.301. The van der Waals surface area contributed by atoms with E-state index in [0.717, 1.165) is 32.1 Å². The Balaban J connectivity index is 0.00000264. The van der Waals surface area contributed by atoms with E-state index in [2.05, 4.69) is 46.0 Å². The second-order valence-electron chi connectivity index (χ2n) is 6.05. The van der Waals surface area contributed by atoms with Crippen LogP contribution in [0.2, 0.25) is 0 Å². The van der Waals surface area contributed by atoms with Crippen molar-refractivity contribution in [3.05, 3.63) is 35.9 Å². The van der Waals surface area contributed by atoms with Gasteiger partial charge in [0.1, 0.15) is 0 Å². The highest BCUT2D eigenvalue weighted by Crippen LogP contribution is 2.40. The number of aliphatic imine (C=N–C) groups is 1. The van der Waals surface area contributed by atoms with Crippen LogP contribution in [0.5, 0.6) is 0 Å². The van der Waals surface area contributed by atoms with Crippen molar-refractivity contribution in [1.82, 2.24) is 10.6 Å². The van der Waals surface area contributed by atoms with E-state index < -0.39 is 0 Å². The van der Waals surface area contributed by atoms with Gasteiger partial charge in [-0.15, -0.1) is 24.0 Å². The third-order valence-electron chi connectivity index (χ3n) is 4.58. The molecule has 0 amide bonds. The van der Waals surface area contributed by atoms with Crippen molar-refractivity contribution in [3.63, 3.8) is 0 Å². The van der Waals surface area contributed by atoms with Crippen LogP contribution in [0.1, 0.15) is 37.7 Å². The Hall–Kier alpha value is -0.820. The van der Waals surface area contributed by atoms with Gasteiger partial charge in [0.25, 0.3) is 0 Å². The van der Waals surface area contributed by atoms with Crippen LogP contribution in [0.4, 0.5) is 0 Å². The molecule has 0 aromatic heterocycles. The summed E-state index contributed by atoms with van der Waals surface area (Å²) in [5, 5.41) is 6.88.